The SMILES string of the molecule is NC1(C(=O)N2CCC(C(=O)c3ccc(Cl)cc3)CC2)CCCC1. The fraction of sp³-hybridized carbons (Fsp3) is 0.556. The summed E-state index contributed by atoms with van der Waals surface area (Å²) in [4.78, 5) is 27.0. The van der Waals surface area contributed by atoms with Crippen LogP contribution in [0.5, 0.6) is 0 Å². The van der Waals surface area contributed by atoms with Gasteiger partial charge in [0, 0.05) is 29.6 Å². The maximum atomic E-state index is 12.6. The zero-order valence-corrected chi connectivity index (χ0v) is 14.0. The largest absolute Gasteiger partial charge is 0.341 e. The molecule has 1 heterocycles. The van der Waals surface area contributed by atoms with E-state index in [9.17, 15) is 9.59 Å². The first-order valence-electron chi connectivity index (χ1n) is 8.38. The Balaban J connectivity index is 1.59. The molecule has 1 saturated heterocycles. The molecule has 1 aromatic carbocycles. The smallest absolute Gasteiger partial charge is 0.242 e. The fourth-order valence-electron chi connectivity index (χ4n) is 3.73. The van der Waals surface area contributed by atoms with Gasteiger partial charge < -0.3 is 10.6 Å². The summed E-state index contributed by atoms with van der Waals surface area (Å²) in [5.41, 5.74) is 6.30. The Bertz CT molecular complexity index is 586. The molecule has 3 rings (SSSR count). The second-order valence-corrected chi connectivity index (χ2v) is 7.24. The normalized spacial score (nSPS) is 21.4. The topological polar surface area (TPSA) is 63.4 Å². The molecule has 1 saturated carbocycles. The third-order valence-corrected chi connectivity index (χ3v) is 5.46. The summed E-state index contributed by atoms with van der Waals surface area (Å²) in [5, 5.41) is 0.631. The predicted octanol–water partition coefficient (Wildman–Crippen LogP) is 3.03. The molecule has 1 aromatic rings. The van der Waals surface area contributed by atoms with Crippen molar-refractivity contribution in [3.63, 3.8) is 0 Å². The Morgan fingerprint density at radius 1 is 1.09 bits per heavy atom. The lowest BCUT2D eigenvalue weighted by molar-refractivity contribution is -0.138. The minimum absolute atomic E-state index is 0.0162. The van der Waals surface area contributed by atoms with Crippen molar-refractivity contribution in [3.8, 4) is 0 Å². The number of amides is 1. The van der Waals surface area contributed by atoms with E-state index in [1.54, 1.807) is 24.3 Å². The number of nitrogens with zero attached hydrogens (tertiary/aromatic N) is 1. The number of hydrogen-bond acceptors (Lipinski definition) is 3. The first kappa shape index (κ1) is 16.5. The van der Waals surface area contributed by atoms with E-state index in [1.165, 1.54) is 0 Å². The Morgan fingerprint density at radius 3 is 2.22 bits per heavy atom. The molecule has 4 nitrogen and oxygen atoms in total. The van der Waals surface area contributed by atoms with Crippen molar-refractivity contribution in [2.75, 3.05) is 13.1 Å². The van der Waals surface area contributed by atoms with Gasteiger partial charge in [-0.3, -0.25) is 9.59 Å². The zero-order chi connectivity index (χ0) is 16.4. The van der Waals surface area contributed by atoms with E-state index in [4.69, 9.17) is 17.3 Å². The minimum Gasteiger partial charge on any atom is -0.341 e. The van der Waals surface area contributed by atoms with Crippen molar-refractivity contribution in [1.29, 1.82) is 0 Å². The van der Waals surface area contributed by atoms with Crippen LogP contribution in [-0.2, 0) is 4.79 Å². The number of Topliss-reactive ketones (excluding diaryl/α,β-unsaturated/α-hetero) is 1. The van der Waals surface area contributed by atoms with Crippen LogP contribution in [0, 0.1) is 5.92 Å². The summed E-state index contributed by atoms with van der Waals surface area (Å²) >= 11 is 5.86. The number of benzene rings is 1. The monoisotopic (exact) mass is 334 g/mol. The van der Waals surface area contributed by atoms with Gasteiger partial charge in [0.05, 0.1) is 5.54 Å². The molecule has 0 bridgehead atoms. The Kier molecular flexibility index (Phi) is 4.74. The van der Waals surface area contributed by atoms with Gasteiger partial charge in [-0.25, -0.2) is 0 Å². The van der Waals surface area contributed by atoms with E-state index in [-0.39, 0.29) is 17.6 Å². The van der Waals surface area contributed by atoms with Crippen molar-refractivity contribution in [3.05, 3.63) is 34.9 Å². The molecule has 2 aliphatic rings. The Labute approximate surface area is 142 Å². The lowest BCUT2D eigenvalue weighted by Gasteiger charge is -2.36. The van der Waals surface area contributed by atoms with Gasteiger partial charge in [0.1, 0.15) is 0 Å². The van der Waals surface area contributed by atoms with Crippen LogP contribution in [0.25, 0.3) is 0 Å². The molecule has 0 atom stereocenters. The zero-order valence-electron chi connectivity index (χ0n) is 13.3. The average Bonchev–Trinajstić information content (AvgIpc) is 3.02. The molecule has 5 heteroatoms. The summed E-state index contributed by atoms with van der Waals surface area (Å²) in [6, 6.07) is 7.03. The Hall–Kier alpha value is -1.39. The van der Waals surface area contributed by atoms with Crippen LogP contribution in [0.1, 0.15) is 48.9 Å². The van der Waals surface area contributed by atoms with Gasteiger partial charge in [0.25, 0.3) is 0 Å². The van der Waals surface area contributed by atoms with Crippen LogP contribution in [-0.4, -0.2) is 35.2 Å². The lowest BCUT2D eigenvalue weighted by Crippen LogP contribution is -2.55. The van der Waals surface area contributed by atoms with E-state index in [2.05, 4.69) is 0 Å². The Morgan fingerprint density at radius 2 is 1.65 bits per heavy atom. The van der Waals surface area contributed by atoms with E-state index in [1.807, 2.05) is 4.90 Å². The summed E-state index contributed by atoms with van der Waals surface area (Å²) in [6.45, 7) is 1.25. The molecule has 1 aliphatic carbocycles. The van der Waals surface area contributed by atoms with Gasteiger partial charge >= 0.3 is 0 Å². The van der Waals surface area contributed by atoms with E-state index in [0.717, 1.165) is 25.7 Å². The predicted molar refractivity (Wildman–Crippen MR) is 90.5 cm³/mol. The second-order valence-electron chi connectivity index (χ2n) is 6.80. The number of carbonyl (C=O) groups excluding carboxylic acids is 2. The molecular formula is C18H23ClN2O2. The molecule has 124 valence electrons. The highest BCUT2D eigenvalue weighted by Gasteiger charge is 2.41. The first-order valence-corrected chi connectivity index (χ1v) is 8.75. The van der Waals surface area contributed by atoms with Gasteiger partial charge in [-0.1, -0.05) is 24.4 Å². The van der Waals surface area contributed by atoms with E-state index < -0.39 is 5.54 Å². The molecule has 1 aliphatic heterocycles. The molecule has 0 unspecified atom stereocenters. The van der Waals surface area contributed by atoms with E-state index in [0.29, 0.717) is 36.5 Å². The summed E-state index contributed by atoms with van der Waals surface area (Å²) in [5.74, 6) is 0.210. The fourth-order valence-corrected chi connectivity index (χ4v) is 3.86. The highest BCUT2D eigenvalue weighted by molar-refractivity contribution is 6.30. The summed E-state index contributed by atoms with van der Waals surface area (Å²) in [7, 11) is 0. The van der Waals surface area contributed by atoms with Crippen molar-refractivity contribution >= 4 is 23.3 Å². The van der Waals surface area contributed by atoms with Crippen molar-refractivity contribution in [1.82, 2.24) is 4.90 Å². The minimum atomic E-state index is -0.660. The van der Waals surface area contributed by atoms with Gasteiger partial charge in [0.2, 0.25) is 5.91 Å². The van der Waals surface area contributed by atoms with Gasteiger partial charge in [0.15, 0.2) is 5.78 Å². The number of ketones is 1. The van der Waals surface area contributed by atoms with Crippen LogP contribution in [0.4, 0.5) is 0 Å². The maximum absolute atomic E-state index is 12.6. The molecule has 0 spiro atoms. The van der Waals surface area contributed by atoms with Gasteiger partial charge in [-0.05, 0) is 49.9 Å². The number of halogens is 1. The van der Waals surface area contributed by atoms with Crippen molar-refractivity contribution < 1.29 is 9.59 Å². The third kappa shape index (κ3) is 3.43. The van der Waals surface area contributed by atoms with Crippen LogP contribution in [0.2, 0.25) is 5.02 Å². The molecule has 1 amide bonds. The van der Waals surface area contributed by atoms with Crippen LogP contribution in [0.15, 0.2) is 24.3 Å². The number of carbonyl (C=O) groups is 2. The van der Waals surface area contributed by atoms with Gasteiger partial charge in [-0.2, -0.15) is 0 Å². The molecule has 0 aromatic heterocycles. The number of likely N-dealkylation sites (tertiary alicyclic amines) is 1. The summed E-state index contributed by atoms with van der Waals surface area (Å²) in [6.07, 6.45) is 5.07. The molecule has 2 fully saturated rings. The number of rotatable bonds is 3. The molecule has 23 heavy (non-hydrogen) atoms. The van der Waals surface area contributed by atoms with Crippen molar-refractivity contribution in [2.24, 2.45) is 11.7 Å². The molecular weight excluding hydrogens is 312 g/mol. The van der Waals surface area contributed by atoms with Gasteiger partial charge in [-0.15, -0.1) is 0 Å². The maximum Gasteiger partial charge on any atom is 0.242 e. The van der Waals surface area contributed by atoms with Crippen LogP contribution in [0.3, 0.4) is 0 Å². The van der Waals surface area contributed by atoms with Crippen LogP contribution < -0.4 is 5.73 Å². The highest BCUT2D eigenvalue weighted by atomic mass is 35.5. The molecule has 2 N–H and O–H groups in total. The quantitative estimate of drug-likeness (QED) is 0.864. The standard InChI is InChI=1S/C18H23ClN2O2/c19-15-5-3-13(4-6-15)16(22)14-7-11-21(12-8-14)17(23)18(20)9-1-2-10-18/h3-6,14H,1-2,7-12,20H2. The number of piperidine rings is 1. The summed E-state index contributed by atoms with van der Waals surface area (Å²) < 4.78 is 0. The first-order chi connectivity index (χ1) is 11.0. The highest BCUT2D eigenvalue weighted by Crippen LogP contribution is 2.31. The number of hydrogen-bond donors (Lipinski definition) is 1. The number of nitrogens with two attached hydrogens (primary N) is 1. The second kappa shape index (κ2) is 6.62. The third-order valence-electron chi connectivity index (χ3n) is 5.20. The van der Waals surface area contributed by atoms with Crippen molar-refractivity contribution in [2.45, 2.75) is 44.1 Å². The lowest BCUT2D eigenvalue weighted by atomic mass is 9.87. The average molecular weight is 335 g/mol. The van der Waals surface area contributed by atoms with Crippen LogP contribution >= 0.6 is 11.6 Å². The molecule has 0 radical (unpaired) electrons. The van der Waals surface area contributed by atoms with E-state index >= 15 is 0 Å².